The lowest BCUT2D eigenvalue weighted by atomic mass is 10.1. The van der Waals surface area contributed by atoms with Crippen molar-refractivity contribution in [3.63, 3.8) is 0 Å². The van der Waals surface area contributed by atoms with Crippen LogP contribution in [0.15, 0.2) is 6.20 Å². The number of halogens is 1. The highest BCUT2D eigenvalue weighted by Gasteiger charge is 2.19. The van der Waals surface area contributed by atoms with Crippen molar-refractivity contribution in [2.24, 2.45) is 7.05 Å². The number of hydrogen-bond donors (Lipinski definition) is 0. The maximum Gasteiger partial charge on any atom is 0.162 e. The first-order valence-electron chi connectivity index (χ1n) is 7.69. The summed E-state index contributed by atoms with van der Waals surface area (Å²) in [6.07, 6.45) is 9.67. The summed E-state index contributed by atoms with van der Waals surface area (Å²) in [6.45, 7) is 0.742. The molecule has 2 heterocycles. The minimum atomic E-state index is 0.498. The van der Waals surface area contributed by atoms with Crippen LogP contribution in [0.25, 0.3) is 11.0 Å². The Morgan fingerprint density at radius 2 is 1.95 bits per heavy atom. The fourth-order valence-electron chi connectivity index (χ4n) is 3.15. The van der Waals surface area contributed by atoms with Gasteiger partial charge in [0.15, 0.2) is 5.65 Å². The number of aryl methyl sites for hydroxylation is 1. The topological polar surface area (TPSA) is 46.8 Å². The van der Waals surface area contributed by atoms with Crippen molar-refractivity contribution in [1.29, 1.82) is 0 Å². The Hall–Kier alpha value is -1.20. The summed E-state index contributed by atoms with van der Waals surface area (Å²) in [5.74, 6) is 0.780. The number of hydrogen-bond acceptors (Lipinski definition) is 4. The van der Waals surface area contributed by atoms with E-state index in [4.69, 9.17) is 11.6 Å². The molecule has 2 aromatic heterocycles. The molecule has 3 rings (SSSR count). The van der Waals surface area contributed by atoms with Crippen LogP contribution in [-0.2, 0) is 13.6 Å². The first-order valence-corrected chi connectivity index (χ1v) is 8.07. The van der Waals surface area contributed by atoms with Gasteiger partial charge in [-0.25, -0.2) is 9.97 Å². The minimum Gasteiger partial charge on any atom is -0.296 e. The summed E-state index contributed by atoms with van der Waals surface area (Å²) in [4.78, 5) is 11.4. The number of fused-ring (bicyclic) bond motifs is 1. The van der Waals surface area contributed by atoms with Gasteiger partial charge in [-0.15, -0.1) is 0 Å². The molecule has 5 nitrogen and oxygen atoms in total. The first-order chi connectivity index (χ1) is 10.1. The van der Waals surface area contributed by atoms with Gasteiger partial charge in [-0.1, -0.05) is 37.3 Å². The van der Waals surface area contributed by atoms with Crippen molar-refractivity contribution in [2.75, 3.05) is 7.05 Å². The van der Waals surface area contributed by atoms with Crippen LogP contribution in [0.5, 0.6) is 0 Å². The Bertz CT molecular complexity index is 616. The lowest BCUT2D eigenvalue weighted by Crippen LogP contribution is -2.31. The molecule has 0 aliphatic heterocycles. The fourth-order valence-corrected chi connectivity index (χ4v) is 3.38. The zero-order chi connectivity index (χ0) is 14.8. The van der Waals surface area contributed by atoms with E-state index in [-0.39, 0.29) is 0 Å². The SMILES string of the molecule is CN(Cc1nc(Cl)c2cnn(C)c2n1)C1CCCCCC1. The van der Waals surface area contributed by atoms with Crippen molar-refractivity contribution in [2.45, 2.75) is 51.1 Å². The second-order valence-corrected chi connectivity index (χ2v) is 6.35. The zero-order valence-corrected chi connectivity index (χ0v) is 13.5. The normalized spacial score (nSPS) is 17.5. The Morgan fingerprint density at radius 1 is 1.24 bits per heavy atom. The lowest BCUT2D eigenvalue weighted by Gasteiger charge is -2.26. The second kappa shape index (κ2) is 6.28. The van der Waals surface area contributed by atoms with E-state index in [2.05, 4.69) is 27.0 Å². The van der Waals surface area contributed by atoms with Crippen LogP contribution < -0.4 is 0 Å². The third kappa shape index (κ3) is 3.19. The standard InChI is InChI=1S/C15H22ClN5/c1-20(11-7-5-3-4-6-8-11)10-13-18-14(16)12-9-17-21(2)15(12)19-13/h9,11H,3-8,10H2,1-2H3. The van der Waals surface area contributed by atoms with Crippen LogP contribution in [0.3, 0.4) is 0 Å². The Kier molecular flexibility index (Phi) is 4.40. The van der Waals surface area contributed by atoms with Crippen LogP contribution in [0.4, 0.5) is 0 Å². The Labute approximate surface area is 130 Å². The van der Waals surface area contributed by atoms with E-state index < -0.39 is 0 Å². The molecule has 6 heteroatoms. The van der Waals surface area contributed by atoms with E-state index in [1.54, 1.807) is 10.9 Å². The van der Waals surface area contributed by atoms with Gasteiger partial charge in [0.2, 0.25) is 0 Å². The quantitative estimate of drug-likeness (QED) is 0.645. The Balaban J connectivity index is 1.78. The molecule has 0 N–H and O–H groups in total. The first kappa shape index (κ1) is 14.7. The molecule has 0 spiro atoms. The van der Waals surface area contributed by atoms with Crippen molar-refractivity contribution in [1.82, 2.24) is 24.6 Å². The maximum atomic E-state index is 6.25. The van der Waals surface area contributed by atoms with E-state index in [1.807, 2.05) is 7.05 Å². The molecule has 1 saturated carbocycles. The molecule has 0 bridgehead atoms. The molecule has 0 atom stereocenters. The van der Waals surface area contributed by atoms with Gasteiger partial charge in [0.1, 0.15) is 11.0 Å². The van der Waals surface area contributed by atoms with E-state index in [0.717, 1.165) is 23.4 Å². The third-order valence-electron chi connectivity index (χ3n) is 4.43. The van der Waals surface area contributed by atoms with Crippen LogP contribution in [0, 0.1) is 0 Å². The molecule has 0 radical (unpaired) electrons. The Morgan fingerprint density at radius 3 is 2.67 bits per heavy atom. The second-order valence-electron chi connectivity index (χ2n) is 6.00. The van der Waals surface area contributed by atoms with Gasteiger partial charge in [0.25, 0.3) is 0 Å². The smallest absolute Gasteiger partial charge is 0.162 e. The van der Waals surface area contributed by atoms with E-state index >= 15 is 0 Å². The average molecular weight is 308 g/mol. The van der Waals surface area contributed by atoms with Gasteiger partial charge >= 0.3 is 0 Å². The predicted molar refractivity (Wildman–Crippen MR) is 84.3 cm³/mol. The third-order valence-corrected chi connectivity index (χ3v) is 4.72. The van der Waals surface area contributed by atoms with Crippen LogP contribution in [-0.4, -0.2) is 37.7 Å². The summed E-state index contributed by atoms with van der Waals surface area (Å²) < 4.78 is 1.75. The predicted octanol–water partition coefficient (Wildman–Crippen LogP) is 3.17. The van der Waals surface area contributed by atoms with Gasteiger partial charge in [0.05, 0.1) is 18.1 Å². The molecule has 0 aromatic carbocycles. The summed E-state index contributed by atoms with van der Waals surface area (Å²) in [6, 6.07) is 0.636. The van der Waals surface area contributed by atoms with Crippen molar-refractivity contribution >= 4 is 22.6 Å². The van der Waals surface area contributed by atoms with Crippen molar-refractivity contribution < 1.29 is 0 Å². The highest BCUT2D eigenvalue weighted by molar-refractivity contribution is 6.33. The molecule has 2 aromatic rings. The molecule has 1 aliphatic carbocycles. The van der Waals surface area contributed by atoms with Gasteiger partial charge in [-0.2, -0.15) is 5.10 Å². The maximum absolute atomic E-state index is 6.25. The molecular weight excluding hydrogens is 286 g/mol. The van der Waals surface area contributed by atoms with Gasteiger partial charge in [-0.05, 0) is 19.9 Å². The molecule has 0 amide bonds. The largest absolute Gasteiger partial charge is 0.296 e. The van der Waals surface area contributed by atoms with E-state index in [0.29, 0.717) is 11.2 Å². The zero-order valence-electron chi connectivity index (χ0n) is 12.7. The highest BCUT2D eigenvalue weighted by atomic mass is 35.5. The lowest BCUT2D eigenvalue weighted by molar-refractivity contribution is 0.208. The molecule has 21 heavy (non-hydrogen) atoms. The summed E-state index contributed by atoms with van der Waals surface area (Å²) in [7, 11) is 4.05. The molecule has 1 aliphatic rings. The molecule has 0 saturated heterocycles. The van der Waals surface area contributed by atoms with Gasteiger partial charge < -0.3 is 0 Å². The van der Waals surface area contributed by atoms with Gasteiger partial charge in [-0.3, -0.25) is 9.58 Å². The average Bonchev–Trinajstić information content (AvgIpc) is 2.67. The van der Waals surface area contributed by atoms with Crippen molar-refractivity contribution in [3.05, 3.63) is 17.2 Å². The summed E-state index contributed by atoms with van der Waals surface area (Å²) in [5, 5.41) is 5.51. The molecule has 1 fully saturated rings. The van der Waals surface area contributed by atoms with E-state index in [9.17, 15) is 0 Å². The highest BCUT2D eigenvalue weighted by Crippen LogP contribution is 2.23. The van der Waals surface area contributed by atoms with Crippen LogP contribution >= 0.6 is 11.6 Å². The molecule has 0 unspecified atom stereocenters. The number of nitrogens with zero attached hydrogens (tertiary/aromatic N) is 5. The van der Waals surface area contributed by atoms with Crippen LogP contribution in [0.1, 0.15) is 44.3 Å². The van der Waals surface area contributed by atoms with Crippen molar-refractivity contribution in [3.8, 4) is 0 Å². The minimum absolute atomic E-state index is 0.498. The monoisotopic (exact) mass is 307 g/mol. The van der Waals surface area contributed by atoms with Crippen LogP contribution in [0.2, 0.25) is 5.15 Å². The molecule has 114 valence electrons. The molecular formula is C15H22ClN5. The summed E-state index contributed by atoms with van der Waals surface area (Å²) in [5.41, 5.74) is 0.805. The number of aromatic nitrogens is 4. The fraction of sp³-hybridized carbons (Fsp3) is 0.667. The van der Waals surface area contributed by atoms with E-state index in [1.165, 1.54) is 38.5 Å². The van der Waals surface area contributed by atoms with Gasteiger partial charge in [0, 0.05) is 13.1 Å². The number of rotatable bonds is 3. The summed E-state index contributed by atoms with van der Waals surface area (Å²) >= 11 is 6.25.